The Morgan fingerprint density at radius 3 is 2.62 bits per heavy atom. The van der Waals surface area contributed by atoms with Gasteiger partial charge in [0.1, 0.15) is 5.01 Å². The highest BCUT2D eigenvalue weighted by atomic mass is 32.1. The van der Waals surface area contributed by atoms with E-state index >= 15 is 0 Å². The van der Waals surface area contributed by atoms with Crippen molar-refractivity contribution >= 4 is 28.6 Å². The van der Waals surface area contributed by atoms with Crippen molar-refractivity contribution in [2.24, 2.45) is 0 Å². The number of likely N-dealkylation sites (N-methyl/N-ethyl adjacent to an activating group) is 1. The lowest BCUT2D eigenvalue weighted by molar-refractivity contribution is -0.120. The number of methoxy groups -OCH3 is 2. The Balaban J connectivity index is 1.62. The zero-order valence-electron chi connectivity index (χ0n) is 17.0. The Morgan fingerprint density at radius 2 is 1.97 bits per heavy atom. The zero-order valence-corrected chi connectivity index (χ0v) is 18.6. The van der Waals surface area contributed by atoms with Gasteiger partial charge in [0.05, 0.1) is 32.4 Å². The second-order valence-corrected chi connectivity index (χ2v) is 8.37. The minimum Gasteiger partial charge on any atom is -0.493 e. The lowest BCUT2D eigenvalue weighted by Gasteiger charge is -2.23. The van der Waals surface area contributed by atoms with Crippen molar-refractivity contribution < 1.29 is 14.3 Å². The molecule has 154 valence electrons. The number of hydrogen-bond acceptors (Lipinski definition) is 7. The molecule has 0 radical (unpaired) electrons. The molecule has 29 heavy (non-hydrogen) atoms. The lowest BCUT2D eigenvalue weighted by Crippen LogP contribution is -2.35. The molecule has 0 bridgehead atoms. The highest BCUT2D eigenvalue weighted by Crippen LogP contribution is 2.33. The number of thiazole rings is 1. The van der Waals surface area contributed by atoms with Gasteiger partial charge in [0, 0.05) is 17.5 Å². The first-order chi connectivity index (χ1) is 14.0. The first-order valence-corrected chi connectivity index (χ1v) is 11.0. The van der Waals surface area contributed by atoms with Crippen LogP contribution in [0.1, 0.15) is 17.3 Å². The molecule has 8 heteroatoms. The van der Waals surface area contributed by atoms with Crippen LogP contribution in [0.25, 0.3) is 10.6 Å². The molecule has 0 aliphatic rings. The van der Waals surface area contributed by atoms with E-state index in [1.54, 1.807) is 25.6 Å². The molecule has 6 nitrogen and oxygen atoms in total. The number of rotatable bonds is 9. The van der Waals surface area contributed by atoms with Gasteiger partial charge < -0.3 is 19.7 Å². The molecule has 0 aliphatic heterocycles. The third-order valence-electron chi connectivity index (χ3n) is 4.57. The number of carbonyl (C=O) groups excluding carboxylic acids is 1. The Bertz CT molecular complexity index is 939. The lowest BCUT2D eigenvalue weighted by atomic mass is 10.1. The van der Waals surface area contributed by atoms with Gasteiger partial charge in [-0.2, -0.15) is 11.3 Å². The van der Waals surface area contributed by atoms with E-state index in [1.165, 1.54) is 16.9 Å². The molecule has 0 spiro atoms. The van der Waals surface area contributed by atoms with Crippen molar-refractivity contribution in [3.8, 4) is 22.1 Å². The van der Waals surface area contributed by atoms with E-state index in [0.717, 1.165) is 16.3 Å². The SMILES string of the molecule is COc1ccc(-c2nc(CC(=O)NCC(c3ccsc3)N(C)C)cs2)cc1OC. The van der Waals surface area contributed by atoms with Crippen LogP contribution in [0, 0.1) is 0 Å². The van der Waals surface area contributed by atoms with Crippen molar-refractivity contribution in [2.45, 2.75) is 12.5 Å². The van der Waals surface area contributed by atoms with E-state index in [9.17, 15) is 4.79 Å². The van der Waals surface area contributed by atoms with Gasteiger partial charge in [-0.05, 0) is 54.7 Å². The van der Waals surface area contributed by atoms with Crippen LogP contribution < -0.4 is 14.8 Å². The second kappa shape index (κ2) is 9.87. The fourth-order valence-corrected chi connectivity index (χ4v) is 4.51. The second-order valence-electron chi connectivity index (χ2n) is 6.73. The molecule has 0 aliphatic carbocycles. The number of benzene rings is 1. The van der Waals surface area contributed by atoms with Crippen molar-refractivity contribution in [3.63, 3.8) is 0 Å². The summed E-state index contributed by atoms with van der Waals surface area (Å²) < 4.78 is 10.6. The summed E-state index contributed by atoms with van der Waals surface area (Å²) in [6.45, 7) is 0.565. The number of ether oxygens (including phenoxy) is 2. The molecule has 0 saturated carbocycles. The van der Waals surface area contributed by atoms with Gasteiger partial charge in [-0.15, -0.1) is 11.3 Å². The number of aromatic nitrogens is 1. The average molecular weight is 432 g/mol. The largest absolute Gasteiger partial charge is 0.493 e. The van der Waals surface area contributed by atoms with Crippen molar-refractivity contribution in [3.05, 3.63) is 51.7 Å². The predicted octanol–water partition coefficient (Wildman–Crippen LogP) is 3.85. The molecule has 1 unspecified atom stereocenters. The van der Waals surface area contributed by atoms with E-state index in [2.05, 4.69) is 32.0 Å². The number of thiophene rings is 1. The molecular formula is C21H25N3O3S2. The Kier molecular flexibility index (Phi) is 7.24. The molecule has 0 saturated heterocycles. The van der Waals surface area contributed by atoms with Crippen LogP contribution in [0.2, 0.25) is 0 Å². The topological polar surface area (TPSA) is 63.7 Å². The molecule has 1 amide bonds. The van der Waals surface area contributed by atoms with Gasteiger partial charge in [-0.25, -0.2) is 4.98 Å². The summed E-state index contributed by atoms with van der Waals surface area (Å²) in [7, 11) is 7.25. The molecule has 3 aromatic rings. The van der Waals surface area contributed by atoms with Gasteiger partial charge in [0.15, 0.2) is 11.5 Å². The molecular weight excluding hydrogens is 406 g/mol. The highest BCUT2D eigenvalue weighted by Gasteiger charge is 2.17. The minimum absolute atomic E-state index is 0.0313. The third-order valence-corrected chi connectivity index (χ3v) is 6.21. The van der Waals surface area contributed by atoms with Crippen molar-refractivity contribution in [2.75, 3.05) is 34.9 Å². The van der Waals surface area contributed by atoms with Crippen molar-refractivity contribution in [1.82, 2.24) is 15.2 Å². The van der Waals surface area contributed by atoms with Crippen LogP contribution in [0.4, 0.5) is 0 Å². The fraction of sp³-hybridized carbons (Fsp3) is 0.333. The summed E-state index contributed by atoms with van der Waals surface area (Å²) in [4.78, 5) is 19.2. The maximum Gasteiger partial charge on any atom is 0.226 e. The summed E-state index contributed by atoms with van der Waals surface area (Å²) in [5.74, 6) is 1.30. The summed E-state index contributed by atoms with van der Waals surface area (Å²) in [5, 5.41) is 9.98. The van der Waals surface area contributed by atoms with Crippen LogP contribution in [0.15, 0.2) is 40.4 Å². The van der Waals surface area contributed by atoms with Crippen LogP contribution in [0.5, 0.6) is 11.5 Å². The summed E-state index contributed by atoms with van der Waals surface area (Å²) >= 11 is 3.17. The normalized spacial score (nSPS) is 12.0. The van der Waals surface area contributed by atoms with E-state index in [4.69, 9.17) is 9.47 Å². The molecule has 1 aromatic carbocycles. The molecule has 0 fully saturated rings. The summed E-state index contributed by atoms with van der Waals surface area (Å²) in [6, 6.07) is 7.94. The van der Waals surface area contributed by atoms with Crippen LogP contribution in [-0.2, 0) is 11.2 Å². The smallest absolute Gasteiger partial charge is 0.226 e. The maximum atomic E-state index is 12.4. The van der Waals surface area contributed by atoms with Crippen LogP contribution in [0.3, 0.4) is 0 Å². The standard InChI is InChI=1S/C21H25N3O3S2/c1-24(2)17(15-7-8-28-12-15)11-22-20(25)10-16-13-29-21(23-16)14-5-6-18(26-3)19(9-14)27-4/h5-9,12-13,17H,10-11H2,1-4H3,(H,22,25). The van der Waals surface area contributed by atoms with E-state index in [1.807, 2.05) is 37.7 Å². The zero-order chi connectivity index (χ0) is 20.8. The number of carbonyl (C=O) groups is 1. The Hall–Kier alpha value is -2.42. The van der Waals surface area contributed by atoms with E-state index < -0.39 is 0 Å². The van der Waals surface area contributed by atoms with Crippen molar-refractivity contribution in [1.29, 1.82) is 0 Å². The molecule has 2 aromatic heterocycles. The van der Waals surface area contributed by atoms with Gasteiger partial charge in [0.2, 0.25) is 5.91 Å². The van der Waals surface area contributed by atoms with Crippen LogP contribution >= 0.6 is 22.7 Å². The van der Waals surface area contributed by atoms with E-state index in [0.29, 0.717) is 18.0 Å². The Labute approximate surface area is 179 Å². The third kappa shape index (κ3) is 5.35. The monoisotopic (exact) mass is 431 g/mol. The Morgan fingerprint density at radius 1 is 1.17 bits per heavy atom. The quantitative estimate of drug-likeness (QED) is 0.558. The molecule has 1 atom stereocenters. The number of nitrogens with one attached hydrogen (secondary N) is 1. The molecule has 3 rings (SSSR count). The van der Waals surface area contributed by atoms with Gasteiger partial charge >= 0.3 is 0 Å². The number of hydrogen-bond donors (Lipinski definition) is 1. The maximum absolute atomic E-state index is 12.4. The predicted molar refractivity (Wildman–Crippen MR) is 118 cm³/mol. The number of nitrogens with zero attached hydrogens (tertiary/aromatic N) is 2. The minimum atomic E-state index is -0.0313. The number of amides is 1. The highest BCUT2D eigenvalue weighted by molar-refractivity contribution is 7.13. The van der Waals surface area contributed by atoms with E-state index in [-0.39, 0.29) is 18.4 Å². The van der Waals surface area contributed by atoms with Gasteiger partial charge in [-0.3, -0.25) is 4.79 Å². The average Bonchev–Trinajstić information content (AvgIpc) is 3.40. The molecule has 2 heterocycles. The molecule has 1 N–H and O–H groups in total. The fourth-order valence-electron chi connectivity index (χ4n) is 2.99. The van der Waals surface area contributed by atoms with Crippen LogP contribution in [-0.4, -0.2) is 50.7 Å². The summed E-state index contributed by atoms with van der Waals surface area (Å²) in [6.07, 6.45) is 0.258. The first-order valence-electron chi connectivity index (χ1n) is 9.13. The van der Waals surface area contributed by atoms with Gasteiger partial charge in [0.25, 0.3) is 0 Å². The first kappa shape index (κ1) is 21.3. The van der Waals surface area contributed by atoms with Gasteiger partial charge in [-0.1, -0.05) is 0 Å². The summed E-state index contributed by atoms with van der Waals surface area (Å²) in [5.41, 5.74) is 2.91.